The van der Waals surface area contributed by atoms with Gasteiger partial charge in [-0.05, 0) is 56.5 Å². The van der Waals surface area contributed by atoms with Crippen molar-refractivity contribution in [2.75, 3.05) is 28.2 Å². The molecule has 1 amide bonds. The van der Waals surface area contributed by atoms with Crippen molar-refractivity contribution in [1.82, 2.24) is 0 Å². The normalized spacial score (nSPS) is 11.2. The lowest BCUT2D eigenvalue weighted by atomic mass is 10.2. The van der Waals surface area contributed by atoms with E-state index in [2.05, 4.69) is 5.32 Å². The monoisotopic (exact) mass is 378 g/mol. The maximum absolute atomic E-state index is 12.4. The Balaban J connectivity index is 2.20. The summed E-state index contributed by atoms with van der Waals surface area (Å²) in [6.45, 7) is 3.75. The number of amides is 1. The number of thioether (sulfide) groups is 1. The van der Waals surface area contributed by atoms with E-state index in [0.717, 1.165) is 10.6 Å². The third kappa shape index (κ3) is 4.55. The van der Waals surface area contributed by atoms with E-state index in [4.69, 9.17) is 0 Å². The van der Waals surface area contributed by atoms with Crippen LogP contribution in [0.4, 0.5) is 11.4 Å². The molecular formula is C18H22N2O3S2. The number of anilines is 2. The number of nitrogens with one attached hydrogen (secondary N) is 1. The van der Waals surface area contributed by atoms with Gasteiger partial charge in [0.05, 0.1) is 17.1 Å². The molecule has 1 N–H and O–H groups in total. The van der Waals surface area contributed by atoms with Crippen LogP contribution in [0.15, 0.2) is 53.4 Å². The quantitative estimate of drug-likeness (QED) is 0.744. The Morgan fingerprint density at radius 3 is 2.28 bits per heavy atom. The summed E-state index contributed by atoms with van der Waals surface area (Å²) in [5.41, 5.74) is 1.79. The first-order chi connectivity index (χ1) is 11.9. The molecule has 0 aromatic heterocycles. The molecule has 0 radical (unpaired) electrons. The fourth-order valence-electron chi connectivity index (χ4n) is 2.42. The van der Waals surface area contributed by atoms with Gasteiger partial charge in [-0.2, -0.15) is 0 Å². The summed E-state index contributed by atoms with van der Waals surface area (Å²) in [7, 11) is -3.32. The van der Waals surface area contributed by atoms with E-state index in [0.29, 0.717) is 17.8 Å². The summed E-state index contributed by atoms with van der Waals surface area (Å²) < 4.78 is 25.6. The van der Waals surface area contributed by atoms with Gasteiger partial charge in [-0.25, -0.2) is 8.42 Å². The minimum absolute atomic E-state index is 0.0363. The molecule has 7 heteroatoms. The highest BCUT2D eigenvalue weighted by atomic mass is 32.2. The number of nitrogens with zero attached hydrogens (tertiary/aromatic N) is 1. The van der Waals surface area contributed by atoms with Crippen LogP contribution in [0.3, 0.4) is 0 Å². The first-order valence-corrected chi connectivity index (χ1v) is 10.8. The highest BCUT2D eigenvalue weighted by molar-refractivity contribution is 7.98. The van der Waals surface area contributed by atoms with E-state index in [9.17, 15) is 13.2 Å². The van der Waals surface area contributed by atoms with Crippen LogP contribution >= 0.6 is 11.8 Å². The summed E-state index contributed by atoms with van der Waals surface area (Å²) in [6.07, 6.45) is 1.95. The van der Waals surface area contributed by atoms with Crippen molar-refractivity contribution >= 4 is 39.1 Å². The maximum Gasteiger partial charge on any atom is 0.255 e. The van der Waals surface area contributed by atoms with Crippen molar-refractivity contribution in [2.24, 2.45) is 0 Å². The average molecular weight is 379 g/mol. The summed E-state index contributed by atoms with van der Waals surface area (Å²) >= 11 is 1.56. The number of hydrogen-bond acceptors (Lipinski definition) is 4. The molecule has 5 nitrogen and oxygen atoms in total. The third-order valence-electron chi connectivity index (χ3n) is 3.76. The second kappa shape index (κ2) is 8.40. The predicted octanol–water partition coefficient (Wildman–Crippen LogP) is 3.84. The molecule has 134 valence electrons. The summed E-state index contributed by atoms with van der Waals surface area (Å²) in [4.78, 5) is 13.4. The van der Waals surface area contributed by atoms with E-state index < -0.39 is 10.0 Å². The average Bonchev–Trinajstić information content (AvgIpc) is 2.63. The summed E-state index contributed by atoms with van der Waals surface area (Å²) in [6, 6.07) is 14.2. The van der Waals surface area contributed by atoms with Crippen LogP contribution < -0.4 is 9.62 Å². The highest BCUT2D eigenvalue weighted by Crippen LogP contribution is 2.25. The summed E-state index contributed by atoms with van der Waals surface area (Å²) in [5.74, 6) is -0.191. The number of sulfonamides is 1. The largest absolute Gasteiger partial charge is 0.321 e. The molecule has 2 aromatic carbocycles. The Morgan fingerprint density at radius 2 is 1.72 bits per heavy atom. The van der Waals surface area contributed by atoms with E-state index in [1.807, 2.05) is 30.5 Å². The lowest BCUT2D eigenvalue weighted by Crippen LogP contribution is -2.32. The molecule has 0 aliphatic rings. The molecule has 25 heavy (non-hydrogen) atoms. The van der Waals surface area contributed by atoms with Crippen LogP contribution in [-0.4, -0.2) is 32.9 Å². The minimum atomic E-state index is -3.32. The second-order valence-corrected chi connectivity index (χ2v) is 8.30. The Labute approximate surface area is 153 Å². The Kier molecular flexibility index (Phi) is 6.50. The second-order valence-electron chi connectivity index (χ2n) is 5.27. The molecule has 0 spiro atoms. The van der Waals surface area contributed by atoms with Gasteiger partial charge in [0, 0.05) is 17.0 Å². The van der Waals surface area contributed by atoms with Crippen molar-refractivity contribution < 1.29 is 13.2 Å². The van der Waals surface area contributed by atoms with Gasteiger partial charge < -0.3 is 5.32 Å². The lowest BCUT2D eigenvalue weighted by Gasteiger charge is -2.22. The van der Waals surface area contributed by atoms with Gasteiger partial charge in [-0.15, -0.1) is 11.8 Å². The third-order valence-corrected chi connectivity index (χ3v) is 6.43. The van der Waals surface area contributed by atoms with Gasteiger partial charge in [0.2, 0.25) is 10.0 Å². The maximum atomic E-state index is 12.4. The number of hydrogen-bond donors (Lipinski definition) is 1. The summed E-state index contributed by atoms with van der Waals surface area (Å²) in [5, 5.41) is 2.89. The molecule has 0 unspecified atom stereocenters. The molecule has 0 fully saturated rings. The van der Waals surface area contributed by atoms with Gasteiger partial charge in [0.25, 0.3) is 5.91 Å². The fourth-order valence-corrected chi connectivity index (χ4v) is 4.12. The van der Waals surface area contributed by atoms with Crippen molar-refractivity contribution in [1.29, 1.82) is 0 Å². The molecule has 0 saturated carbocycles. The standard InChI is InChI=1S/C18H22N2O3S2/c1-4-20(25(22,23)5-2)15-12-10-14(11-13-15)18(21)19-16-8-6-7-9-17(16)24-3/h6-13H,4-5H2,1-3H3,(H,19,21). The van der Waals surface area contributed by atoms with E-state index in [1.165, 1.54) is 4.31 Å². The van der Waals surface area contributed by atoms with Crippen LogP contribution in [0.5, 0.6) is 0 Å². The SMILES string of the molecule is CCN(c1ccc(C(=O)Nc2ccccc2SC)cc1)S(=O)(=O)CC. The molecule has 0 bridgehead atoms. The first-order valence-electron chi connectivity index (χ1n) is 7.97. The predicted molar refractivity (Wildman–Crippen MR) is 105 cm³/mol. The number of para-hydroxylation sites is 1. The van der Waals surface area contributed by atoms with Crippen LogP contribution in [0.2, 0.25) is 0 Å². The van der Waals surface area contributed by atoms with Crippen LogP contribution in [-0.2, 0) is 10.0 Å². The molecule has 0 saturated heterocycles. The van der Waals surface area contributed by atoms with Crippen molar-refractivity contribution in [3.8, 4) is 0 Å². The molecule has 0 heterocycles. The zero-order valence-electron chi connectivity index (χ0n) is 14.5. The zero-order valence-corrected chi connectivity index (χ0v) is 16.2. The number of carbonyl (C=O) groups excluding carboxylic acids is 1. The number of benzene rings is 2. The van der Waals surface area contributed by atoms with Crippen molar-refractivity contribution in [3.63, 3.8) is 0 Å². The van der Waals surface area contributed by atoms with Gasteiger partial charge in [0.1, 0.15) is 0 Å². The smallest absolute Gasteiger partial charge is 0.255 e. The molecule has 2 rings (SSSR count). The Bertz CT molecular complexity index is 834. The molecule has 0 aliphatic heterocycles. The van der Waals surface area contributed by atoms with Gasteiger partial charge in [0.15, 0.2) is 0 Å². The van der Waals surface area contributed by atoms with E-state index in [1.54, 1.807) is 49.9 Å². The van der Waals surface area contributed by atoms with Crippen LogP contribution in [0.25, 0.3) is 0 Å². The molecule has 0 aliphatic carbocycles. The van der Waals surface area contributed by atoms with E-state index in [-0.39, 0.29) is 11.7 Å². The zero-order chi connectivity index (χ0) is 18.4. The first kappa shape index (κ1) is 19.3. The molecular weight excluding hydrogens is 356 g/mol. The lowest BCUT2D eigenvalue weighted by molar-refractivity contribution is 0.102. The highest BCUT2D eigenvalue weighted by Gasteiger charge is 2.19. The van der Waals surface area contributed by atoms with Gasteiger partial charge >= 0.3 is 0 Å². The van der Waals surface area contributed by atoms with Gasteiger partial charge in [-0.1, -0.05) is 12.1 Å². The number of carbonyl (C=O) groups is 1. The Morgan fingerprint density at radius 1 is 1.08 bits per heavy atom. The van der Waals surface area contributed by atoms with Crippen LogP contribution in [0.1, 0.15) is 24.2 Å². The molecule has 2 aromatic rings. The van der Waals surface area contributed by atoms with Crippen molar-refractivity contribution in [3.05, 3.63) is 54.1 Å². The van der Waals surface area contributed by atoms with Crippen molar-refractivity contribution in [2.45, 2.75) is 18.7 Å². The van der Waals surface area contributed by atoms with Crippen LogP contribution in [0, 0.1) is 0 Å². The molecule has 0 atom stereocenters. The fraction of sp³-hybridized carbons (Fsp3) is 0.278. The minimum Gasteiger partial charge on any atom is -0.321 e. The Hall–Kier alpha value is -1.99. The topological polar surface area (TPSA) is 66.5 Å². The van der Waals surface area contributed by atoms with Gasteiger partial charge in [-0.3, -0.25) is 9.10 Å². The number of rotatable bonds is 7. The van der Waals surface area contributed by atoms with E-state index >= 15 is 0 Å².